The lowest BCUT2D eigenvalue weighted by atomic mass is 10.2. The van der Waals surface area contributed by atoms with Crippen molar-refractivity contribution in [2.75, 3.05) is 0 Å². The molecule has 0 fully saturated rings. The number of amides is 2. The third kappa shape index (κ3) is 7.15. The van der Waals surface area contributed by atoms with Gasteiger partial charge in [0.2, 0.25) is 0 Å². The fourth-order valence-electron chi connectivity index (χ4n) is 1.62. The molecular formula is C12H24N2O6. The maximum Gasteiger partial charge on any atom is 0.416 e. The Hall–Kier alpha value is -1.54. The third-order valence-electron chi connectivity index (χ3n) is 2.54. The molecule has 8 heteroatoms. The minimum atomic E-state index is -1.24. The molecule has 0 aromatic carbocycles. The fourth-order valence-corrected chi connectivity index (χ4v) is 1.62. The van der Waals surface area contributed by atoms with Crippen molar-refractivity contribution in [1.29, 1.82) is 0 Å². The number of rotatable bonds is 8. The van der Waals surface area contributed by atoms with E-state index in [0.717, 1.165) is 12.8 Å². The van der Waals surface area contributed by atoms with E-state index in [2.05, 4.69) is 4.74 Å². The predicted molar refractivity (Wildman–Crippen MR) is 70.3 cm³/mol. The second kappa shape index (κ2) is 9.38. The van der Waals surface area contributed by atoms with Gasteiger partial charge in [0.15, 0.2) is 0 Å². The molecule has 0 aliphatic heterocycles. The predicted octanol–water partition coefficient (Wildman–Crippen LogP) is 1.10. The second-order valence-corrected chi connectivity index (χ2v) is 4.42. The average molecular weight is 292 g/mol. The molecule has 118 valence electrons. The van der Waals surface area contributed by atoms with Crippen molar-refractivity contribution in [1.82, 2.24) is 4.90 Å². The van der Waals surface area contributed by atoms with Crippen LogP contribution in [0.15, 0.2) is 0 Å². The van der Waals surface area contributed by atoms with Crippen LogP contribution in [0.1, 0.15) is 46.5 Å². The molecule has 8 nitrogen and oxygen atoms in total. The number of carbonyl (C=O) groups is 2. The summed E-state index contributed by atoms with van der Waals surface area (Å²) in [5, 5.41) is 18.8. The monoisotopic (exact) mass is 292 g/mol. The highest BCUT2D eigenvalue weighted by molar-refractivity contribution is 5.69. The SMILES string of the molecule is CCCCCC(OC(N)=O)OC(=O)N(C(C)O)C(C)O. The summed E-state index contributed by atoms with van der Waals surface area (Å²) < 4.78 is 9.62. The Labute approximate surface area is 118 Å². The molecule has 0 spiro atoms. The number of hydrogen-bond acceptors (Lipinski definition) is 6. The Kier molecular flexibility index (Phi) is 8.66. The standard InChI is InChI=1S/C12H24N2O6/c1-4-5-6-7-10(19-11(13)17)20-12(18)14(8(2)15)9(3)16/h8-10,15-16H,4-7H2,1-3H3,(H2,13,17). The summed E-state index contributed by atoms with van der Waals surface area (Å²) in [6.45, 7) is 4.60. The molecule has 0 radical (unpaired) electrons. The van der Waals surface area contributed by atoms with E-state index in [9.17, 15) is 19.8 Å². The first-order chi connectivity index (χ1) is 9.29. The van der Waals surface area contributed by atoms with E-state index in [1.807, 2.05) is 6.92 Å². The first-order valence-electron chi connectivity index (χ1n) is 6.60. The lowest BCUT2D eigenvalue weighted by Crippen LogP contribution is -2.46. The van der Waals surface area contributed by atoms with Crippen LogP contribution in [0.25, 0.3) is 0 Å². The van der Waals surface area contributed by atoms with Crippen LogP contribution in [-0.4, -0.2) is 46.0 Å². The molecule has 0 heterocycles. The molecule has 0 aliphatic rings. The van der Waals surface area contributed by atoms with Gasteiger partial charge < -0.3 is 25.4 Å². The first kappa shape index (κ1) is 18.5. The van der Waals surface area contributed by atoms with Crippen molar-refractivity contribution >= 4 is 12.2 Å². The molecular weight excluding hydrogens is 268 g/mol. The number of primary amides is 1. The molecule has 4 N–H and O–H groups in total. The number of nitrogens with zero attached hydrogens (tertiary/aromatic N) is 1. The normalized spacial score (nSPS) is 15.1. The van der Waals surface area contributed by atoms with Crippen LogP contribution < -0.4 is 5.73 Å². The zero-order valence-electron chi connectivity index (χ0n) is 12.1. The smallest absolute Gasteiger partial charge is 0.409 e. The van der Waals surface area contributed by atoms with E-state index in [0.29, 0.717) is 17.7 Å². The Balaban J connectivity index is 4.60. The van der Waals surface area contributed by atoms with Gasteiger partial charge in [-0.1, -0.05) is 19.8 Å². The fraction of sp³-hybridized carbons (Fsp3) is 0.833. The minimum Gasteiger partial charge on any atom is -0.409 e. The molecule has 2 amide bonds. The van der Waals surface area contributed by atoms with Gasteiger partial charge in [0, 0.05) is 6.42 Å². The van der Waals surface area contributed by atoms with Crippen molar-refractivity contribution in [3.05, 3.63) is 0 Å². The molecule has 0 rings (SSSR count). The molecule has 0 bridgehead atoms. The van der Waals surface area contributed by atoms with Gasteiger partial charge in [0.05, 0.1) is 0 Å². The number of carbonyl (C=O) groups excluding carboxylic acids is 2. The van der Waals surface area contributed by atoms with E-state index in [4.69, 9.17) is 10.5 Å². The largest absolute Gasteiger partial charge is 0.416 e. The van der Waals surface area contributed by atoms with E-state index in [1.54, 1.807) is 0 Å². The van der Waals surface area contributed by atoms with Gasteiger partial charge >= 0.3 is 12.2 Å². The van der Waals surface area contributed by atoms with Crippen LogP contribution in [0, 0.1) is 0 Å². The summed E-state index contributed by atoms with van der Waals surface area (Å²) in [6.07, 6.45) is -2.85. The molecule has 0 aliphatic carbocycles. The molecule has 0 saturated carbocycles. The summed E-state index contributed by atoms with van der Waals surface area (Å²) in [5.74, 6) is 0. The first-order valence-corrected chi connectivity index (χ1v) is 6.60. The minimum absolute atomic E-state index is 0.302. The number of ether oxygens (including phenoxy) is 2. The highest BCUT2D eigenvalue weighted by atomic mass is 16.7. The lowest BCUT2D eigenvalue weighted by Gasteiger charge is -2.29. The zero-order chi connectivity index (χ0) is 15.7. The number of unbranched alkanes of at least 4 members (excludes halogenated alkanes) is 2. The van der Waals surface area contributed by atoms with Gasteiger partial charge in [-0.15, -0.1) is 0 Å². The number of nitrogens with two attached hydrogens (primary N) is 1. The second-order valence-electron chi connectivity index (χ2n) is 4.42. The van der Waals surface area contributed by atoms with Gasteiger partial charge in [-0.3, -0.25) is 4.90 Å². The topological polar surface area (TPSA) is 122 Å². The molecule has 0 aromatic rings. The van der Waals surface area contributed by atoms with Crippen molar-refractivity contribution in [3.63, 3.8) is 0 Å². The van der Waals surface area contributed by atoms with Crippen LogP contribution >= 0.6 is 0 Å². The van der Waals surface area contributed by atoms with Gasteiger partial charge in [-0.2, -0.15) is 0 Å². The van der Waals surface area contributed by atoms with E-state index in [-0.39, 0.29) is 0 Å². The van der Waals surface area contributed by atoms with Crippen LogP contribution in [0.5, 0.6) is 0 Å². The van der Waals surface area contributed by atoms with Crippen LogP contribution in [0.3, 0.4) is 0 Å². The van der Waals surface area contributed by atoms with Crippen molar-refractivity contribution in [2.45, 2.75) is 65.2 Å². The Morgan fingerprint density at radius 3 is 2.10 bits per heavy atom. The molecule has 3 atom stereocenters. The van der Waals surface area contributed by atoms with Crippen LogP contribution in [0.4, 0.5) is 9.59 Å². The number of aliphatic hydroxyl groups excluding tert-OH is 2. The van der Waals surface area contributed by atoms with Gasteiger partial charge in [0.1, 0.15) is 12.5 Å². The van der Waals surface area contributed by atoms with Crippen LogP contribution in [0.2, 0.25) is 0 Å². The summed E-state index contributed by atoms with van der Waals surface area (Å²) >= 11 is 0. The maximum absolute atomic E-state index is 11.8. The lowest BCUT2D eigenvalue weighted by molar-refractivity contribution is -0.115. The van der Waals surface area contributed by atoms with Crippen LogP contribution in [-0.2, 0) is 9.47 Å². The summed E-state index contributed by atoms with van der Waals surface area (Å²) in [4.78, 5) is 23.3. The van der Waals surface area contributed by atoms with Gasteiger partial charge in [0.25, 0.3) is 6.29 Å². The van der Waals surface area contributed by atoms with E-state index >= 15 is 0 Å². The average Bonchev–Trinajstić information content (AvgIpc) is 2.26. The van der Waals surface area contributed by atoms with Gasteiger partial charge in [-0.25, -0.2) is 9.59 Å². The summed E-state index contributed by atoms with van der Waals surface area (Å²) in [7, 11) is 0. The molecule has 0 saturated heterocycles. The van der Waals surface area contributed by atoms with E-state index in [1.165, 1.54) is 13.8 Å². The molecule has 20 heavy (non-hydrogen) atoms. The van der Waals surface area contributed by atoms with Crippen molar-refractivity contribution in [2.24, 2.45) is 5.73 Å². The van der Waals surface area contributed by atoms with Crippen molar-refractivity contribution in [3.8, 4) is 0 Å². The quantitative estimate of drug-likeness (QED) is 0.455. The van der Waals surface area contributed by atoms with Crippen molar-refractivity contribution < 1.29 is 29.3 Å². The zero-order valence-corrected chi connectivity index (χ0v) is 12.1. The van der Waals surface area contributed by atoms with E-state index < -0.39 is 30.9 Å². The number of aliphatic hydroxyl groups is 2. The summed E-state index contributed by atoms with van der Waals surface area (Å²) in [5.41, 5.74) is 4.90. The highest BCUT2D eigenvalue weighted by Crippen LogP contribution is 2.12. The Morgan fingerprint density at radius 1 is 1.15 bits per heavy atom. The molecule has 0 aromatic heterocycles. The number of hydrogen-bond donors (Lipinski definition) is 3. The van der Waals surface area contributed by atoms with Gasteiger partial charge in [-0.05, 0) is 20.3 Å². The third-order valence-corrected chi connectivity index (χ3v) is 2.54. The molecule has 3 unspecified atom stereocenters. The highest BCUT2D eigenvalue weighted by Gasteiger charge is 2.27. The Morgan fingerprint density at radius 2 is 1.70 bits per heavy atom. The summed E-state index contributed by atoms with van der Waals surface area (Å²) in [6, 6.07) is 0. The Bertz CT molecular complexity index is 300. The maximum atomic E-state index is 11.8.